The molecule has 0 spiro atoms. The van der Waals surface area contributed by atoms with Crippen molar-refractivity contribution in [2.45, 2.75) is 19.4 Å². The summed E-state index contributed by atoms with van der Waals surface area (Å²) >= 11 is 6.60. The fraction of sp³-hybridized carbons (Fsp3) is 0.200. The Bertz CT molecular complexity index is 741. The minimum atomic E-state index is -0.455. The van der Waals surface area contributed by atoms with Crippen molar-refractivity contribution in [3.63, 3.8) is 0 Å². The molecular formula is C15H12N2OS2. The predicted octanol–water partition coefficient (Wildman–Crippen LogP) is 4.25. The molecule has 0 saturated heterocycles. The van der Waals surface area contributed by atoms with Gasteiger partial charge >= 0.3 is 0 Å². The molecule has 1 N–H and O–H groups in total. The average Bonchev–Trinajstić information content (AvgIpc) is 2.86. The minimum absolute atomic E-state index is 0.401. The highest BCUT2D eigenvalue weighted by Crippen LogP contribution is 2.39. The maximum absolute atomic E-state index is 8.92. The quantitative estimate of drug-likeness (QED) is 0.800. The molecule has 3 nitrogen and oxygen atoms in total. The van der Waals surface area contributed by atoms with Gasteiger partial charge in [-0.25, -0.2) is 0 Å². The van der Waals surface area contributed by atoms with E-state index in [0.717, 1.165) is 21.7 Å². The van der Waals surface area contributed by atoms with E-state index in [1.54, 1.807) is 0 Å². The van der Waals surface area contributed by atoms with Crippen LogP contribution in [0.25, 0.3) is 10.4 Å². The molecule has 1 aliphatic heterocycles. The van der Waals surface area contributed by atoms with Gasteiger partial charge in [0.15, 0.2) is 0 Å². The Hall–Kier alpha value is -1.90. The standard InChI is InChI=1S/C15H12N2OS2/c1-15(2)11-7-9(13-6-4-10(8-16)20-13)3-5-12(11)17-14(19)18-15/h3-7H,1-2H3,(H,17,19). The molecule has 20 heavy (non-hydrogen) atoms. The number of thiophene rings is 1. The fourth-order valence-electron chi connectivity index (χ4n) is 2.28. The lowest BCUT2D eigenvalue weighted by Crippen LogP contribution is -2.34. The maximum Gasteiger partial charge on any atom is 0.262 e. The van der Waals surface area contributed by atoms with Crippen LogP contribution in [0.3, 0.4) is 0 Å². The van der Waals surface area contributed by atoms with Gasteiger partial charge < -0.3 is 10.1 Å². The van der Waals surface area contributed by atoms with Gasteiger partial charge in [0.25, 0.3) is 5.17 Å². The van der Waals surface area contributed by atoms with Crippen LogP contribution in [-0.4, -0.2) is 5.17 Å². The van der Waals surface area contributed by atoms with Crippen molar-refractivity contribution >= 4 is 34.4 Å². The second-order valence-electron chi connectivity index (χ2n) is 5.06. The van der Waals surface area contributed by atoms with E-state index >= 15 is 0 Å². The summed E-state index contributed by atoms with van der Waals surface area (Å²) in [4.78, 5) is 1.79. The predicted molar refractivity (Wildman–Crippen MR) is 84.8 cm³/mol. The van der Waals surface area contributed by atoms with Crippen LogP contribution in [0.2, 0.25) is 0 Å². The number of hydrogen-bond donors (Lipinski definition) is 1. The van der Waals surface area contributed by atoms with E-state index in [4.69, 9.17) is 22.2 Å². The molecular weight excluding hydrogens is 288 g/mol. The zero-order valence-electron chi connectivity index (χ0n) is 11.1. The number of ether oxygens (including phenoxy) is 1. The zero-order chi connectivity index (χ0) is 14.3. The molecule has 2 aromatic rings. The lowest BCUT2D eigenvalue weighted by atomic mass is 9.93. The van der Waals surface area contributed by atoms with E-state index in [9.17, 15) is 0 Å². The van der Waals surface area contributed by atoms with Crippen LogP contribution in [0.5, 0.6) is 0 Å². The van der Waals surface area contributed by atoms with E-state index in [2.05, 4.69) is 17.5 Å². The van der Waals surface area contributed by atoms with Crippen molar-refractivity contribution in [2.24, 2.45) is 0 Å². The molecule has 0 atom stereocenters. The summed E-state index contributed by atoms with van der Waals surface area (Å²) in [6, 6.07) is 12.1. The zero-order valence-corrected chi connectivity index (χ0v) is 12.7. The van der Waals surface area contributed by atoms with Crippen LogP contribution in [0, 0.1) is 11.3 Å². The van der Waals surface area contributed by atoms with Crippen molar-refractivity contribution in [1.29, 1.82) is 5.26 Å². The van der Waals surface area contributed by atoms with Gasteiger partial charge in [0.1, 0.15) is 16.5 Å². The smallest absolute Gasteiger partial charge is 0.262 e. The second-order valence-corrected chi connectivity index (χ2v) is 6.52. The molecule has 1 aromatic heterocycles. The van der Waals surface area contributed by atoms with E-state index < -0.39 is 5.60 Å². The SMILES string of the molecule is CC1(C)OC(=S)Nc2ccc(-c3ccc(C#N)s3)cc21. The van der Waals surface area contributed by atoms with Gasteiger partial charge in [-0.2, -0.15) is 5.26 Å². The number of nitrogens with one attached hydrogen (secondary N) is 1. The highest BCUT2D eigenvalue weighted by atomic mass is 32.1. The number of anilines is 1. The third kappa shape index (κ3) is 2.17. The summed E-state index contributed by atoms with van der Waals surface area (Å²) in [6.45, 7) is 4.00. The molecule has 0 radical (unpaired) electrons. The van der Waals surface area contributed by atoms with E-state index in [1.165, 1.54) is 11.3 Å². The summed E-state index contributed by atoms with van der Waals surface area (Å²) in [5.41, 5.74) is 2.67. The number of thiocarbonyl (C=S) groups is 1. The van der Waals surface area contributed by atoms with Gasteiger partial charge in [-0.05, 0) is 55.9 Å². The van der Waals surface area contributed by atoms with Gasteiger partial charge in [0, 0.05) is 16.1 Å². The lowest BCUT2D eigenvalue weighted by molar-refractivity contribution is 0.0947. The van der Waals surface area contributed by atoms with Crippen LogP contribution in [-0.2, 0) is 10.3 Å². The summed E-state index contributed by atoms with van der Waals surface area (Å²) < 4.78 is 5.69. The average molecular weight is 300 g/mol. The lowest BCUT2D eigenvalue weighted by Gasteiger charge is -2.34. The number of fused-ring (bicyclic) bond motifs is 1. The Kier molecular flexibility index (Phi) is 3.00. The van der Waals surface area contributed by atoms with Crippen LogP contribution < -0.4 is 5.32 Å². The molecule has 0 saturated carbocycles. The minimum Gasteiger partial charge on any atom is -0.460 e. The van der Waals surface area contributed by atoms with Crippen molar-refractivity contribution in [3.05, 3.63) is 40.8 Å². The number of hydrogen-bond acceptors (Lipinski definition) is 4. The first-order valence-corrected chi connectivity index (χ1v) is 7.37. The Morgan fingerprint density at radius 1 is 1.30 bits per heavy atom. The van der Waals surface area contributed by atoms with Crippen molar-refractivity contribution in [3.8, 4) is 16.5 Å². The van der Waals surface area contributed by atoms with Crippen LogP contribution in [0.4, 0.5) is 5.69 Å². The molecule has 0 bridgehead atoms. The Morgan fingerprint density at radius 3 is 2.80 bits per heavy atom. The third-order valence-electron chi connectivity index (χ3n) is 3.25. The summed E-state index contributed by atoms with van der Waals surface area (Å²) in [5, 5.41) is 12.4. The highest BCUT2D eigenvalue weighted by Gasteiger charge is 2.31. The molecule has 5 heteroatoms. The topological polar surface area (TPSA) is 45.0 Å². The first-order chi connectivity index (χ1) is 9.49. The summed E-state index contributed by atoms with van der Waals surface area (Å²) in [5.74, 6) is 0. The van der Waals surface area contributed by atoms with Gasteiger partial charge in [-0.3, -0.25) is 0 Å². The third-order valence-corrected chi connectivity index (χ3v) is 4.48. The molecule has 1 aromatic carbocycles. The van der Waals surface area contributed by atoms with E-state index in [0.29, 0.717) is 10.1 Å². The number of nitrogens with zero attached hydrogens (tertiary/aromatic N) is 1. The van der Waals surface area contributed by atoms with Crippen LogP contribution in [0.1, 0.15) is 24.3 Å². The van der Waals surface area contributed by atoms with E-state index in [-0.39, 0.29) is 0 Å². The van der Waals surface area contributed by atoms with Crippen molar-refractivity contribution in [1.82, 2.24) is 0 Å². The normalized spacial score (nSPS) is 15.8. The molecule has 0 unspecified atom stereocenters. The largest absolute Gasteiger partial charge is 0.460 e. The van der Waals surface area contributed by atoms with Gasteiger partial charge in [-0.15, -0.1) is 11.3 Å². The monoisotopic (exact) mass is 300 g/mol. The highest BCUT2D eigenvalue weighted by molar-refractivity contribution is 7.80. The first-order valence-electron chi connectivity index (χ1n) is 6.14. The Morgan fingerprint density at radius 2 is 2.10 bits per heavy atom. The number of nitriles is 1. The van der Waals surface area contributed by atoms with Crippen molar-refractivity contribution in [2.75, 3.05) is 5.32 Å². The first kappa shape index (κ1) is 13.1. The van der Waals surface area contributed by atoms with Crippen molar-refractivity contribution < 1.29 is 4.74 Å². The molecule has 100 valence electrons. The van der Waals surface area contributed by atoms with Gasteiger partial charge in [0.05, 0.1) is 0 Å². The number of benzene rings is 1. The van der Waals surface area contributed by atoms with Gasteiger partial charge in [-0.1, -0.05) is 6.07 Å². The van der Waals surface area contributed by atoms with Crippen LogP contribution >= 0.6 is 23.6 Å². The molecule has 2 heterocycles. The second kappa shape index (κ2) is 4.58. The van der Waals surface area contributed by atoms with E-state index in [1.807, 2.05) is 38.1 Å². The van der Waals surface area contributed by atoms with Crippen LogP contribution in [0.15, 0.2) is 30.3 Å². The summed E-state index contributed by atoms with van der Waals surface area (Å²) in [6.07, 6.45) is 0. The molecule has 1 aliphatic rings. The maximum atomic E-state index is 8.92. The fourth-order valence-corrected chi connectivity index (χ4v) is 3.40. The molecule has 0 fully saturated rings. The Labute approximate surface area is 126 Å². The Balaban J connectivity index is 2.09. The summed E-state index contributed by atoms with van der Waals surface area (Å²) in [7, 11) is 0. The molecule has 0 aliphatic carbocycles. The van der Waals surface area contributed by atoms with Gasteiger partial charge in [0.2, 0.25) is 0 Å². The number of rotatable bonds is 1. The molecule has 3 rings (SSSR count). The molecule has 0 amide bonds.